The van der Waals surface area contributed by atoms with E-state index in [0.29, 0.717) is 11.3 Å². The summed E-state index contributed by atoms with van der Waals surface area (Å²) in [5, 5.41) is 9.73. The fraction of sp³-hybridized carbons (Fsp3) is 0.267. The number of aromatic hydroxyl groups is 1. The molecule has 0 saturated carbocycles. The van der Waals surface area contributed by atoms with E-state index in [4.69, 9.17) is 4.74 Å². The Hall–Kier alpha value is -0.980. The first kappa shape index (κ1) is 16.4. The number of hydrogen-bond donors (Lipinski definition) is 1. The van der Waals surface area contributed by atoms with Crippen LogP contribution in [-0.4, -0.2) is 30.7 Å². The zero-order valence-corrected chi connectivity index (χ0v) is 14.8. The van der Waals surface area contributed by atoms with Gasteiger partial charge in [-0.3, -0.25) is 4.99 Å². The van der Waals surface area contributed by atoms with Crippen LogP contribution >= 0.6 is 39.0 Å². The van der Waals surface area contributed by atoms with Gasteiger partial charge in [0.2, 0.25) is 0 Å². The molecule has 2 aromatic rings. The van der Waals surface area contributed by atoms with Crippen LogP contribution in [0.15, 0.2) is 39.1 Å². The van der Waals surface area contributed by atoms with Gasteiger partial charge in [0, 0.05) is 34.7 Å². The molecule has 3 nitrogen and oxygen atoms in total. The van der Waals surface area contributed by atoms with E-state index < -0.39 is 0 Å². The molecule has 0 bridgehead atoms. The van der Waals surface area contributed by atoms with Crippen molar-refractivity contribution >= 4 is 45.2 Å². The summed E-state index contributed by atoms with van der Waals surface area (Å²) in [4.78, 5) is 5.71. The fourth-order valence-electron chi connectivity index (χ4n) is 1.65. The summed E-state index contributed by atoms with van der Waals surface area (Å²) in [6.07, 6.45) is 1.69. The third-order valence-corrected chi connectivity index (χ3v) is 5.50. The smallest absolute Gasteiger partial charge is 0.124 e. The third kappa shape index (κ3) is 5.37. The zero-order valence-electron chi connectivity index (χ0n) is 11.6. The lowest BCUT2D eigenvalue weighted by Crippen LogP contribution is -1.90. The summed E-state index contributed by atoms with van der Waals surface area (Å²) in [6, 6.07) is 9.32. The van der Waals surface area contributed by atoms with E-state index in [-0.39, 0.29) is 5.75 Å². The second-order valence-corrected chi connectivity index (χ2v) is 7.87. The Morgan fingerprint density at radius 3 is 2.95 bits per heavy atom. The van der Waals surface area contributed by atoms with Crippen LogP contribution in [0.25, 0.3) is 0 Å². The number of hydrogen-bond acceptors (Lipinski definition) is 5. The van der Waals surface area contributed by atoms with E-state index in [1.165, 1.54) is 8.66 Å². The molecule has 0 aliphatic carbocycles. The van der Waals surface area contributed by atoms with Gasteiger partial charge in [0.1, 0.15) is 11.5 Å². The van der Waals surface area contributed by atoms with E-state index in [0.717, 1.165) is 18.1 Å². The van der Waals surface area contributed by atoms with Crippen LogP contribution in [0.3, 0.4) is 0 Å². The van der Waals surface area contributed by atoms with Gasteiger partial charge >= 0.3 is 0 Å². The summed E-state index contributed by atoms with van der Waals surface area (Å²) >= 11 is 7.08. The van der Waals surface area contributed by atoms with E-state index >= 15 is 0 Å². The number of nitrogens with zero attached hydrogens (tertiary/aromatic N) is 1. The van der Waals surface area contributed by atoms with Gasteiger partial charge in [-0.25, -0.2) is 0 Å². The molecular weight excluding hydrogens is 370 g/mol. The number of rotatable bonds is 7. The first-order chi connectivity index (χ1) is 10.2. The molecule has 112 valence electrons. The molecule has 1 aromatic carbocycles. The SMILES string of the molecule is COc1ccc(O)c(C=NCCSCc2ccc(Br)s2)c1. The lowest BCUT2D eigenvalue weighted by atomic mass is 10.2. The highest BCUT2D eigenvalue weighted by molar-refractivity contribution is 9.11. The first-order valence-electron chi connectivity index (χ1n) is 6.38. The van der Waals surface area contributed by atoms with E-state index in [2.05, 4.69) is 33.1 Å². The number of methoxy groups -OCH3 is 1. The van der Waals surface area contributed by atoms with Crippen molar-refractivity contribution in [2.75, 3.05) is 19.4 Å². The molecule has 0 saturated heterocycles. The van der Waals surface area contributed by atoms with Crippen molar-refractivity contribution in [3.63, 3.8) is 0 Å². The molecule has 0 unspecified atom stereocenters. The Labute approximate surface area is 141 Å². The van der Waals surface area contributed by atoms with Gasteiger partial charge in [-0.1, -0.05) is 0 Å². The predicted molar refractivity (Wildman–Crippen MR) is 95.3 cm³/mol. The highest BCUT2D eigenvalue weighted by Crippen LogP contribution is 2.25. The molecule has 0 fully saturated rings. The second-order valence-electron chi connectivity index (χ2n) is 4.22. The molecule has 0 aliphatic rings. The van der Waals surface area contributed by atoms with Gasteiger partial charge < -0.3 is 9.84 Å². The number of thiophene rings is 1. The Bertz CT molecular complexity index is 613. The average Bonchev–Trinajstić information content (AvgIpc) is 2.90. The molecule has 0 radical (unpaired) electrons. The Morgan fingerprint density at radius 1 is 1.38 bits per heavy atom. The standard InChI is InChI=1S/C15H16BrNO2S2/c1-19-12-2-4-14(18)11(8-12)9-17-6-7-20-10-13-3-5-15(16)21-13/h2-5,8-9,18H,6-7,10H2,1H3. The lowest BCUT2D eigenvalue weighted by Gasteiger charge is -2.03. The molecule has 1 aromatic heterocycles. The summed E-state index contributed by atoms with van der Waals surface area (Å²) in [6.45, 7) is 0.730. The number of thioether (sulfide) groups is 1. The number of halogens is 1. The van der Waals surface area contributed by atoms with Crippen LogP contribution in [0, 0.1) is 0 Å². The molecule has 21 heavy (non-hydrogen) atoms. The van der Waals surface area contributed by atoms with Crippen LogP contribution in [-0.2, 0) is 5.75 Å². The quantitative estimate of drug-likeness (QED) is 0.560. The number of benzene rings is 1. The van der Waals surface area contributed by atoms with Crippen molar-refractivity contribution in [3.05, 3.63) is 44.6 Å². The largest absolute Gasteiger partial charge is 0.507 e. The van der Waals surface area contributed by atoms with Crippen LogP contribution < -0.4 is 4.74 Å². The minimum atomic E-state index is 0.218. The van der Waals surface area contributed by atoms with Gasteiger partial charge in [0.25, 0.3) is 0 Å². The van der Waals surface area contributed by atoms with Crippen molar-refractivity contribution in [3.8, 4) is 11.5 Å². The maximum Gasteiger partial charge on any atom is 0.124 e. The second kappa shape index (κ2) is 8.46. The van der Waals surface area contributed by atoms with Crippen LogP contribution in [0.2, 0.25) is 0 Å². The highest BCUT2D eigenvalue weighted by Gasteiger charge is 2.00. The van der Waals surface area contributed by atoms with Gasteiger partial charge in [-0.05, 0) is 46.3 Å². The average molecular weight is 386 g/mol. The highest BCUT2D eigenvalue weighted by atomic mass is 79.9. The molecule has 1 heterocycles. The summed E-state index contributed by atoms with van der Waals surface area (Å²) < 4.78 is 6.30. The van der Waals surface area contributed by atoms with Crippen LogP contribution in [0.1, 0.15) is 10.4 Å². The summed E-state index contributed by atoms with van der Waals surface area (Å²) in [5.74, 6) is 2.90. The van der Waals surface area contributed by atoms with Gasteiger partial charge in [0.05, 0.1) is 10.9 Å². The number of phenolic OH excluding ortho intramolecular Hbond substituents is 1. The summed E-state index contributed by atoms with van der Waals surface area (Å²) in [5.41, 5.74) is 0.682. The molecule has 0 atom stereocenters. The molecule has 0 aliphatic heterocycles. The maximum absolute atomic E-state index is 9.73. The minimum absolute atomic E-state index is 0.218. The number of phenols is 1. The van der Waals surface area contributed by atoms with Gasteiger partial charge in [-0.15, -0.1) is 11.3 Å². The van der Waals surface area contributed by atoms with Crippen molar-refractivity contribution in [1.29, 1.82) is 0 Å². The molecule has 0 amide bonds. The van der Waals surface area contributed by atoms with Crippen molar-refractivity contribution in [2.45, 2.75) is 5.75 Å². The van der Waals surface area contributed by atoms with E-state index in [9.17, 15) is 5.11 Å². The fourth-order valence-corrected chi connectivity index (χ4v) is 4.09. The maximum atomic E-state index is 9.73. The van der Waals surface area contributed by atoms with Crippen molar-refractivity contribution in [2.24, 2.45) is 4.99 Å². The minimum Gasteiger partial charge on any atom is -0.507 e. The molecule has 0 spiro atoms. The van der Waals surface area contributed by atoms with Gasteiger partial charge in [-0.2, -0.15) is 11.8 Å². The number of ether oxygens (including phenoxy) is 1. The molecule has 2 rings (SSSR count). The molecular formula is C15H16BrNO2S2. The van der Waals surface area contributed by atoms with Crippen LogP contribution in [0.4, 0.5) is 0 Å². The molecule has 6 heteroatoms. The lowest BCUT2D eigenvalue weighted by molar-refractivity contribution is 0.412. The summed E-state index contributed by atoms with van der Waals surface area (Å²) in [7, 11) is 1.60. The Kier molecular flexibility index (Phi) is 6.60. The third-order valence-electron chi connectivity index (χ3n) is 2.70. The predicted octanol–water partition coefficient (Wildman–Crippen LogP) is 4.58. The first-order valence-corrected chi connectivity index (χ1v) is 9.14. The topological polar surface area (TPSA) is 41.8 Å². The Balaban J connectivity index is 1.75. The van der Waals surface area contributed by atoms with Gasteiger partial charge in [0.15, 0.2) is 0 Å². The monoisotopic (exact) mass is 385 g/mol. The normalized spacial score (nSPS) is 11.1. The zero-order chi connectivity index (χ0) is 15.1. The van der Waals surface area contributed by atoms with E-state index in [1.807, 2.05) is 11.8 Å². The van der Waals surface area contributed by atoms with Crippen molar-refractivity contribution < 1.29 is 9.84 Å². The van der Waals surface area contributed by atoms with Crippen molar-refractivity contribution in [1.82, 2.24) is 0 Å². The Morgan fingerprint density at radius 2 is 2.24 bits per heavy atom. The van der Waals surface area contributed by atoms with E-state index in [1.54, 1.807) is 42.9 Å². The molecule has 1 N–H and O–H groups in total. The number of aliphatic imine (C=N–C) groups is 1. The van der Waals surface area contributed by atoms with Crippen LogP contribution in [0.5, 0.6) is 11.5 Å².